The van der Waals surface area contributed by atoms with Crippen LogP contribution >= 0.6 is 11.6 Å². The monoisotopic (exact) mass is 464 g/mol. The van der Waals surface area contributed by atoms with Gasteiger partial charge < -0.3 is 8.94 Å². The molecule has 3 aromatic heterocycles. The summed E-state index contributed by atoms with van der Waals surface area (Å²) in [4.78, 5) is 8.98. The number of hydrogen-bond donors (Lipinski definition) is 0. The molecule has 5 aromatic rings. The van der Waals surface area contributed by atoms with Gasteiger partial charge in [-0.3, -0.25) is 0 Å². The minimum absolute atomic E-state index is 0.0231. The summed E-state index contributed by atoms with van der Waals surface area (Å²) in [6, 6.07) is 12.3. The van der Waals surface area contributed by atoms with Crippen LogP contribution in [0.1, 0.15) is 22.7 Å². The quantitative estimate of drug-likeness (QED) is 0.343. The van der Waals surface area contributed by atoms with E-state index in [1.807, 2.05) is 45.0 Å². The molecule has 0 radical (unpaired) electrons. The molecule has 33 heavy (non-hydrogen) atoms. The first-order valence-electron chi connectivity index (χ1n) is 10.1. The number of nitrogens with zero attached hydrogens (tertiary/aromatic N) is 6. The predicted octanol–water partition coefficient (Wildman–Crippen LogP) is 5.42. The highest BCUT2D eigenvalue weighted by atomic mass is 35.5. The van der Waals surface area contributed by atoms with Crippen molar-refractivity contribution in [3.63, 3.8) is 0 Å². The van der Waals surface area contributed by atoms with Crippen molar-refractivity contribution in [1.82, 2.24) is 30.1 Å². The molecule has 0 unspecified atom stereocenters. The first kappa shape index (κ1) is 21.0. The van der Waals surface area contributed by atoms with Crippen LogP contribution in [0.2, 0.25) is 5.02 Å². The van der Waals surface area contributed by atoms with Gasteiger partial charge in [-0.15, -0.1) is 5.10 Å². The molecule has 0 bridgehead atoms. The highest BCUT2D eigenvalue weighted by Gasteiger charge is 2.20. The lowest BCUT2D eigenvalue weighted by molar-refractivity contribution is 0.430. The molecule has 0 saturated carbocycles. The number of aromatic nitrogens is 6. The summed E-state index contributed by atoms with van der Waals surface area (Å²) in [5.41, 5.74) is 4.38. The van der Waals surface area contributed by atoms with Gasteiger partial charge >= 0.3 is 0 Å². The Morgan fingerprint density at radius 3 is 2.64 bits per heavy atom. The van der Waals surface area contributed by atoms with Crippen LogP contribution in [-0.4, -0.2) is 30.1 Å². The van der Waals surface area contributed by atoms with Crippen LogP contribution in [0.15, 0.2) is 51.4 Å². The maximum atomic E-state index is 13.8. The second-order valence-electron chi connectivity index (χ2n) is 7.62. The molecule has 0 atom stereocenters. The number of halogens is 2. The normalized spacial score (nSPS) is 11.3. The summed E-state index contributed by atoms with van der Waals surface area (Å²) < 4.78 is 26.7. The molecule has 0 aliphatic carbocycles. The Hall–Kier alpha value is -3.85. The fourth-order valence-corrected chi connectivity index (χ4v) is 3.52. The lowest BCUT2D eigenvalue weighted by atomic mass is 10.1. The second-order valence-corrected chi connectivity index (χ2v) is 8.03. The zero-order valence-corrected chi connectivity index (χ0v) is 18.8. The summed E-state index contributed by atoms with van der Waals surface area (Å²) in [6.45, 7) is 6.10. The van der Waals surface area contributed by atoms with Crippen LogP contribution in [0, 0.1) is 26.6 Å². The zero-order valence-electron chi connectivity index (χ0n) is 18.0. The van der Waals surface area contributed by atoms with Crippen molar-refractivity contribution in [3.8, 4) is 34.4 Å². The van der Waals surface area contributed by atoms with E-state index in [1.54, 1.807) is 10.7 Å². The second kappa shape index (κ2) is 8.25. The van der Waals surface area contributed by atoms with Gasteiger partial charge in [-0.05, 0) is 51.1 Å². The lowest BCUT2D eigenvalue weighted by Gasteiger charge is -2.00. The number of aryl methyl sites for hydroxylation is 2. The standard InChI is InChI=1S/C23H18ClFN6O2/c1-12-5-4-6-16(9-12)22-26-19(14(3)32-22)11-31-13(2)20(28-30-31)23-27-21(29-33-23)15-7-8-17(24)18(25)10-15/h4-10H,11H2,1-3H3. The summed E-state index contributed by atoms with van der Waals surface area (Å²) in [7, 11) is 0. The smallest absolute Gasteiger partial charge is 0.280 e. The Bertz CT molecular complexity index is 1470. The highest BCUT2D eigenvalue weighted by Crippen LogP contribution is 2.27. The average molecular weight is 465 g/mol. The highest BCUT2D eigenvalue weighted by molar-refractivity contribution is 6.30. The van der Waals surface area contributed by atoms with Gasteiger partial charge in [0.1, 0.15) is 17.3 Å². The van der Waals surface area contributed by atoms with Crippen molar-refractivity contribution in [1.29, 1.82) is 0 Å². The van der Waals surface area contributed by atoms with Gasteiger partial charge in [0.25, 0.3) is 5.89 Å². The number of hydrogen-bond acceptors (Lipinski definition) is 7. The van der Waals surface area contributed by atoms with Gasteiger partial charge in [0.15, 0.2) is 5.69 Å². The number of oxazole rings is 1. The minimum atomic E-state index is -0.560. The van der Waals surface area contributed by atoms with Gasteiger partial charge in [0.05, 0.1) is 17.3 Å². The lowest BCUT2D eigenvalue weighted by Crippen LogP contribution is -2.05. The largest absolute Gasteiger partial charge is 0.441 e. The molecule has 8 nitrogen and oxygen atoms in total. The van der Waals surface area contributed by atoms with E-state index in [9.17, 15) is 4.39 Å². The van der Waals surface area contributed by atoms with Gasteiger partial charge in [0.2, 0.25) is 11.7 Å². The van der Waals surface area contributed by atoms with Crippen molar-refractivity contribution < 1.29 is 13.3 Å². The summed E-state index contributed by atoms with van der Waals surface area (Å²) in [6.07, 6.45) is 0. The molecule has 0 spiro atoms. The maximum Gasteiger partial charge on any atom is 0.280 e. The molecule has 0 aliphatic heterocycles. The molecular formula is C23H18ClFN6O2. The molecule has 166 valence electrons. The third kappa shape index (κ3) is 4.03. The Labute approximate surface area is 193 Å². The molecular weight excluding hydrogens is 447 g/mol. The van der Waals surface area contributed by atoms with E-state index in [4.69, 9.17) is 20.5 Å². The molecule has 0 N–H and O–H groups in total. The Balaban J connectivity index is 1.40. The fourth-order valence-electron chi connectivity index (χ4n) is 3.40. The maximum absolute atomic E-state index is 13.8. The SMILES string of the molecule is Cc1cccc(-c2nc(Cn3nnc(-c4nc(-c5ccc(Cl)c(F)c5)no4)c3C)c(C)o2)c1. The molecule has 5 rings (SSSR count). The van der Waals surface area contributed by atoms with Gasteiger partial charge in [0, 0.05) is 11.1 Å². The molecule has 2 aromatic carbocycles. The Kier molecular flexibility index (Phi) is 5.26. The van der Waals surface area contributed by atoms with Crippen LogP contribution < -0.4 is 0 Å². The summed E-state index contributed by atoms with van der Waals surface area (Å²) >= 11 is 5.74. The molecule has 0 fully saturated rings. The van der Waals surface area contributed by atoms with E-state index in [0.29, 0.717) is 35.1 Å². The average Bonchev–Trinajstić information content (AvgIpc) is 3.50. The molecule has 0 amide bonds. The minimum Gasteiger partial charge on any atom is -0.441 e. The van der Waals surface area contributed by atoms with Crippen LogP contribution in [-0.2, 0) is 6.54 Å². The molecule has 0 aliphatic rings. The van der Waals surface area contributed by atoms with Gasteiger partial charge in [-0.2, -0.15) is 4.98 Å². The zero-order chi connectivity index (χ0) is 23.1. The van der Waals surface area contributed by atoms with Crippen molar-refractivity contribution in [3.05, 3.63) is 76.0 Å². The third-order valence-electron chi connectivity index (χ3n) is 5.25. The van der Waals surface area contributed by atoms with E-state index in [0.717, 1.165) is 16.8 Å². The first-order valence-corrected chi connectivity index (χ1v) is 10.5. The van der Waals surface area contributed by atoms with Crippen LogP contribution in [0.3, 0.4) is 0 Å². The molecule has 10 heteroatoms. The van der Waals surface area contributed by atoms with E-state index in [2.05, 4.69) is 25.4 Å². The molecule has 3 heterocycles. The van der Waals surface area contributed by atoms with Crippen molar-refractivity contribution in [2.45, 2.75) is 27.3 Å². The van der Waals surface area contributed by atoms with Crippen LogP contribution in [0.25, 0.3) is 34.4 Å². The van der Waals surface area contributed by atoms with Crippen molar-refractivity contribution >= 4 is 11.6 Å². The van der Waals surface area contributed by atoms with Crippen LogP contribution in [0.4, 0.5) is 4.39 Å². The van der Waals surface area contributed by atoms with Gasteiger partial charge in [-0.1, -0.05) is 39.7 Å². The summed E-state index contributed by atoms with van der Waals surface area (Å²) in [5, 5.41) is 12.4. The predicted molar refractivity (Wildman–Crippen MR) is 119 cm³/mol. The van der Waals surface area contributed by atoms with Crippen molar-refractivity contribution in [2.24, 2.45) is 0 Å². The third-order valence-corrected chi connectivity index (χ3v) is 5.55. The number of rotatable bonds is 5. The first-order chi connectivity index (χ1) is 15.9. The Morgan fingerprint density at radius 2 is 1.85 bits per heavy atom. The molecule has 0 saturated heterocycles. The number of benzene rings is 2. The Morgan fingerprint density at radius 1 is 1.00 bits per heavy atom. The van der Waals surface area contributed by atoms with Crippen LogP contribution in [0.5, 0.6) is 0 Å². The summed E-state index contributed by atoms with van der Waals surface area (Å²) in [5.74, 6) is 1.11. The van der Waals surface area contributed by atoms with E-state index in [-0.39, 0.29) is 16.7 Å². The van der Waals surface area contributed by atoms with Crippen molar-refractivity contribution in [2.75, 3.05) is 0 Å². The van der Waals surface area contributed by atoms with E-state index in [1.165, 1.54) is 12.1 Å². The topological polar surface area (TPSA) is 95.7 Å². The van der Waals surface area contributed by atoms with Gasteiger partial charge in [-0.25, -0.2) is 14.1 Å². The van der Waals surface area contributed by atoms with E-state index < -0.39 is 5.82 Å². The fraction of sp³-hybridized carbons (Fsp3) is 0.174. The van der Waals surface area contributed by atoms with E-state index >= 15 is 0 Å².